The van der Waals surface area contributed by atoms with Crippen molar-refractivity contribution in [2.24, 2.45) is 0 Å². The first-order valence-electron chi connectivity index (χ1n) is 7.64. The molecule has 0 fully saturated rings. The van der Waals surface area contributed by atoms with E-state index in [-0.39, 0.29) is 23.6 Å². The smallest absolute Gasteiger partial charge is 0.151 e. The zero-order chi connectivity index (χ0) is 17.1. The molecule has 0 radical (unpaired) electrons. The number of aromatic nitrogens is 2. The summed E-state index contributed by atoms with van der Waals surface area (Å²) >= 11 is 0. The largest absolute Gasteiger partial charge is 0.308 e. The maximum Gasteiger partial charge on any atom is 0.151 e. The summed E-state index contributed by atoms with van der Waals surface area (Å²) in [5.74, 6) is 0.0880. The first-order chi connectivity index (χ1) is 10.6. The molecular formula is C17H26ClN3O2S. The summed E-state index contributed by atoms with van der Waals surface area (Å²) in [7, 11) is -2.98. The number of halogens is 1. The molecule has 0 aliphatic carbocycles. The Labute approximate surface area is 150 Å². The summed E-state index contributed by atoms with van der Waals surface area (Å²) < 4.78 is 22.6. The van der Waals surface area contributed by atoms with Crippen molar-refractivity contribution < 1.29 is 8.42 Å². The van der Waals surface area contributed by atoms with Crippen LogP contribution in [0, 0.1) is 0 Å². The Hall–Kier alpha value is -1.37. The van der Waals surface area contributed by atoms with E-state index in [9.17, 15) is 8.42 Å². The molecular weight excluding hydrogens is 346 g/mol. The van der Waals surface area contributed by atoms with Crippen LogP contribution in [0.25, 0.3) is 0 Å². The zero-order valence-corrected chi connectivity index (χ0v) is 16.2. The third-order valence-corrected chi connectivity index (χ3v) is 4.42. The molecule has 0 saturated carbocycles. The lowest BCUT2D eigenvalue weighted by atomic mass is 9.89. The van der Waals surface area contributed by atoms with Crippen LogP contribution in [0.15, 0.2) is 30.5 Å². The van der Waals surface area contributed by atoms with Crippen LogP contribution in [-0.4, -0.2) is 24.9 Å². The molecule has 0 saturated heterocycles. The fraction of sp³-hybridized carbons (Fsp3) is 0.471. The number of H-pyrrole nitrogens is 1. The lowest BCUT2D eigenvalue weighted by Crippen LogP contribution is -2.19. The second-order valence-electron chi connectivity index (χ2n) is 7.01. The Morgan fingerprint density at radius 3 is 2.21 bits per heavy atom. The van der Waals surface area contributed by atoms with Crippen molar-refractivity contribution in [1.29, 1.82) is 0 Å². The van der Waals surface area contributed by atoms with E-state index in [0.717, 1.165) is 29.9 Å². The highest BCUT2D eigenvalue weighted by Crippen LogP contribution is 2.23. The van der Waals surface area contributed by atoms with E-state index in [1.165, 1.54) is 11.8 Å². The van der Waals surface area contributed by atoms with Gasteiger partial charge in [0.2, 0.25) is 0 Å². The van der Waals surface area contributed by atoms with Gasteiger partial charge in [0.1, 0.15) is 0 Å². The molecule has 0 spiro atoms. The average molecular weight is 372 g/mol. The Morgan fingerprint density at radius 1 is 1.08 bits per heavy atom. The molecule has 0 unspecified atom stereocenters. The highest BCUT2D eigenvalue weighted by molar-refractivity contribution is 7.89. The van der Waals surface area contributed by atoms with Gasteiger partial charge in [0.25, 0.3) is 0 Å². The lowest BCUT2D eigenvalue weighted by molar-refractivity contribution is 0.553. The van der Waals surface area contributed by atoms with E-state index in [2.05, 4.69) is 36.3 Å². The van der Waals surface area contributed by atoms with Crippen molar-refractivity contribution in [3.63, 3.8) is 0 Å². The number of hydrogen-bond acceptors (Lipinski definition) is 4. The summed E-state index contributed by atoms with van der Waals surface area (Å²) in [6.07, 6.45) is 3.11. The van der Waals surface area contributed by atoms with Crippen molar-refractivity contribution >= 4 is 22.2 Å². The van der Waals surface area contributed by atoms with Crippen molar-refractivity contribution in [3.05, 3.63) is 52.8 Å². The highest BCUT2D eigenvalue weighted by atomic mass is 35.5. The van der Waals surface area contributed by atoms with Crippen molar-refractivity contribution in [3.8, 4) is 0 Å². The van der Waals surface area contributed by atoms with Crippen LogP contribution < -0.4 is 5.32 Å². The van der Waals surface area contributed by atoms with Crippen LogP contribution in [0.2, 0.25) is 0 Å². The maximum absolute atomic E-state index is 11.3. The fourth-order valence-electron chi connectivity index (χ4n) is 2.49. The minimum Gasteiger partial charge on any atom is -0.308 e. The normalized spacial score (nSPS) is 12.0. The lowest BCUT2D eigenvalue weighted by Gasteiger charge is -2.18. The van der Waals surface area contributed by atoms with Gasteiger partial charge in [0.15, 0.2) is 9.84 Å². The third kappa shape index (κ3) is 6.26. The standard InChI is InChI=1S/C17H25N3O2S.ClH/c1-17(2,3)16-15(11-19-20-16)10-18-9-13-5-7-14(8-6-13)12-23(4,21)22;/h5-8,11,18H,9-10,12H2,1-4H3,(H,19,20);1H. The van der Waals surface area contributed by atoms with Gasteiger partial charge in [-0.2, -0.15) is 5.10 Å². The molecule has 0 aliphatic rings. The van der Waals surface area contributed by atoms with Crippen LogP contribution in [-0.2, 0) is 34.1 Å². The molecule has 7 heteroatoms. The van der Waals surface area contributed by atoms with Gasteiger partial charge in [-0.05, 0) is 11.1 Å². The number of nitrogens with one attached hydrogen (secondary N) is 2. The molecule has 1 aromatic carbocycles. The zero-order valence-electron chi connectivity index (χ0n) is 14.6. The SMILES string of the molecule is CC(C)(C)c1[nH]ncc1CNCc1ccc(CS(C)(=O)=O)cc1.Cl. The number of hydrogen-bond donors (Lipinski definition) is 2. The van der Waals surface area contributed by atoms with Crippen molar-refractivity contribution in [1.82, 2.24) is 15.5 Å². The van der Waals surface area contributed by atoms with Gasteiger partial charge in [-0.25, -0.2) is 8.42 Å². The summed E-state index contributed by atoms with van der Waals surface area (Å²) in [5, 5.41) is 10.6. The number of nitrogens with zero attached hydrogens (tertiary/aromatic N) is 1. The van der Waals surface area contributed by atoms with E-state index in [1.807, 2.05) is 30.5 Å². The molecule has 134 valence electrons. The molecule has 5 nitrogen and oxygen atoms in total. The van der Waals surface area contributed by atoms with E-state index in [1.54, 1.807) is 0 Å². The van der Waals surface area contributed by atoms with Crippen molar-refractivity contribution in [2.45, 2.75) is 45.0 Å². The van der Waals surface area contributed by atoms with Gasteiger partial charge in [-0.3, -0.25) is 5.10 Å². The Balaban J connectivity index is 0.00000288. The average Bonchev–Trinajstić information content (AvgIpc) is 2.87. The number of rotatable bonds is 6. The molecule has 0 bridgehead atoms. The molecule has 24 heavy (non-hydrogen) atoms. The van der Waals surface area contributed by atoms with Gasteiger partial charge >= 0.3 is 0 Å². The van der Waals surface area contributed by atoms with Crippen LogP contribution in [0.3, 0.4) is 0 Å². The Kier molecular flexibility index (Phi) is 7.01. The van der Waals surface area contributed by atoms with Gasteiger partial charge in [0, 0.05) is 36.0 Å². The van der Waals surface area contributed by atoms with E-state index >= 15 is 0 Å². The number of sulfone groups is 1. The van der Waals surface area contributed by atoms with Gasteiger partial charge in [-0.1, -0.05) is 45.0 Å². The minimum absolute atomic E-state index is 0. The molecule has 2 rings (SSSR count). The van der Waals surface area contributed by atoms with E-state index < -0.39 is 9.84 Å². The predicted molar refractivity (Wildman–Crippen MR) is 100 cm³/mol. The molecule has 2 N–H and O–H groups in total. The maximum atomic E-state index is 11.3. The van der Waals surface area contributed by atoms with Crippen LogP contribution in [0.1, 0.15) is 43.2 Å². The molecule has 0 atom stereocenters. The molecule has 1 heterocycles. The van der Waals surface area contributed by atoms with Crippen molar-refractivity contribution in [2.75, 3.05) is 6.26 Å². The fourth-order valence-corrected chi connectivity index (χ4v) is 3.29. The first kappa shape index (κ1) is 20.7. The second-order valence-corrected chi connectivity index (χ2v) is 9.15. The van der Waals surface area contributed by atoms with Gasteiger partial charge in [-0.15, -0.1) is 12.4 Å². The third-order valence-electron chi connectivity index (χ3n) is 3.56. The summed E-state index contributed by atoms with van der Waals surface area (Å²) in [6, 6.07) is 7.67. The Bertz CT molecular complexity index is 747. The number of aromatic amines is 1. The van der Waals surface area contributed by atoms with Gasteiger partial charge < -0.3 is 5.32 Å². The monoisotopic (exact) mass is 371 g/mol. The molecule has 2 aromatic rings. The van der Waals surface area contributed by atoms with Crippen LogP contribution >= 0.6 is 12.4 Å². The molecule has 0 aliphatic heterocycles. The minimum atomic E-state index is -2.98. The van der Waals surface area contributed by atoms with Crippen LogP contribution in [0.4, 0.5) is 0 Å². The van der Waals surface area contributed by atoms with Gasteiger partial charge in [0.05, 0.1) is 11.9 Å². The van der Waals surface area contributed by atoms with E-state index in [4.69, 9.17) is 0 Å². The molecule has 0 amide bonds. The predicted octanol–water partition coefficient (Wildman–Crippen LogP) is 2.96. The van der Waals surface area contributed by atoms with E-state index in [0.29, 0.717) is 0 Å². The van der Waals surface area contributed by atoms with Crippen LogP contribution in [0.5, 0.6) is 0 Å². The second kappa shape index (κ2) is 8.14. The first-order valence-corrected chi connectivity index (χ1v) is 9.70. The number of benzene rings is 1. The summed E-state index contributed by atoms with van der Waals surface area (Å²) in [4.78, 5) is 0. The Morgan fingerprint density at radius 2 is 1.67 bits per heavy atom. The topological polar surface area (TPSA) is 74.8 Å². The molecule has 1 aromatic heterocycles. The quantitative estimate of drug-likeness (QED) is 0.818. The highest BCUT2D eigenvalue weighted by Gasteiger charge is 2.19. The summed E-state index contributed by atoms with van der Waals surface area (Å²) in [6.45, 7) is 7.95. The summed E-state index contributed by atoms with van der Waals surface area (Å²) in [5.41, 5.74) is 4.31.